The number of rotatable bonds is 5. The number of aryl methyl sites for hydroxylation is 1. The topological polar surface area (TPSA) is 73.0 Å². The molecule has 6 nitrogen and oxygen atoms in total. The number of carbonyl (C=O) groups excluding carboxylic acids is 2. The zero-order valence-electron chi connectivity index (χ0n) is 17.0. The van der Waals surface area contributed by atoms with Crippen LogP contribution in [0.2, 0.25) is 0 Å². The van der Waals surface area contributed by atoms with Crippen LogP contribution in [-0.4, -0.2) is 29.5 Å². The molecule has 1 aliphatic rings. The van der Waals surface area contributed by atoms with Gasteiger partial charge in [-0.15, -0.1) is 16.4 Å². The minimum Gasteiger partial charge on any atom is -0.497 e. The molecule has 0 aliphatic heterocycles. The van der Waals surface area contributed by atoms with Crippen LogP contribution in [0, 0.1) is 6.92 Å². The van der Waals surface area contributed by atoms with E-state index in [2.05, 4.69) is 10.2 Å². The van der Waals surface area contributed by atoms with Crippen molar-refractivity contribution in [3.8, 4) is 11.4 Å². The van der Waals surface area contributed by atoms with Gasteiger partial charge in [-0.25, -0.2) is 0 Å². The summed E-state index contributed by atoms with van der Waals surface area (Å²) in [5.74, 6) is 0.335. The maximum atomic E-state index is 12.5. The molecule has 0 saturated carbocycles. The molecular weight excluding hydrogens is 410 g/mol. The van der Waals surface area contributed by atoms with E-state index in [0.717, 1.165) is 22.6 Å². The first-order chi connectivity index (χ1) is 15.0. The first-order valence-corrected chi connectivity index (χ1v) is 10.4. The van der Waals surface area contributed by atoms with Crippen molar-refractivity contribution in [2.75, 3.05) is 7.11 Å². The molecule has 0 atom stereocenters. The molecule has 31 heavy (non-hydrogen) atoms. The van der Waals surface area contributed by atoms with Crippen LogP contribution in [0.4, 0.5) is 0 Å². The van der Waals surface area contributed by atoms with Crippen LogP contribution in [0.15, 0.2) is 82.3 Å². The van der Waals surface area contributed by atoms with Crippen LogP contribution >= 0.6 is 11.3 Å². The van der Waals surface area contributed by atoms with E-state index in [0.29, 0.717) is 16.1 Å². The van der Waals surface area contributed by atoms with Gasteiger partial charge in [-0.2, -0.15) is 5.10 Å². The molecule has 0 unspecified atom stereocenters. The summed E-state index contributed by atoms with van der Waals surface area (Å²) in [5.41, 5.74) is 3.77. The molecule has 7 heteroatoms. The molecular formula is C24H19N3O3S. The number of carbonyl (C=O) groups is 2. The third-order valence-corrected chi connectivity index (χ3v) is 5.51. The van der Waals surface area contributed by atoms with E-state index >= 15 is 0 Å². The molecule has 0 amide bonds. The number of hydrogen-bond acceptors (Lipinski definition) is 6. The number of ether oxygens (including phenoxy) is 1. The Balaban J connectivity index is 1.79. The summed E-state index contributed by atoms with van der Waals surface area (Å²) in [6.45, 7) is 2.00. The van der Waals surface area contributed by atoms with Gasteiger partial charge in [0, 0.05) is 11.1 Å². The van der Waals surface area contributed by atoms with Gasteiger partial charge in [0.1, 0.15) is 5.75 Å². The Hall–Kier alpha value is -3.84. The first-order valence-electron chi connectivity index (χ1n) is 9.52. The molecule has 1 aliphatic carbocycles. The van der Waals surface area contributed by atoms with Crippen molar-refractivity contribution in [1.29, 1.82) is 0 Å². The SMILES string of the molecule is COc1ccc(/C=N/N=c2\scc(C3=CC(=O)C=CC3=O)n2-c2ccc(C)cc2)cc1. The number of nitrogens with zero attached hydrogens (tertiary/aromatic N) is 3. The lowest BCUT2D eigenvalue weighted by Gasteiger charge is -2.12. The van der Waals surface area contributed by atoms with Crippen molar-refractivity contribution < 1.29 is 14.3 Å². The van der Waals surface area contributed by atoms with Gasteiger partial charge in [0.15, 0.2) is 11.6 Å². The zero-order valence-corrected chi connectivity index (χ0v) is 17.8. The van der Waals surface area contributed by atoms with Crippen LogP contribution in [0.25, 0.3) is 11.3 Å². The van der Waals surface area contributed by atoms with Gasteiger partial charge in [-0.1, -0.05) is 17.7 Å². The van der Waals surface area contributed by atoms with Crippen molar-refractivity contribution in [3.63, 3.8) is 0 Å². The summed E-state index contributed by atoms with van der Waals surface area (Å²) in [7, 11) is 1.62. The normalized spacial score (nSPS) is 14.4. The van der Waals surface area contributed by atoms with Crippen LogP contribution in [0.1, 0.15) is 16.8 Å². The second kappa shape index (κ2) is 8.89. The number of hydrogen-bond donors (Lipinski definition) is 0. The van der Waals surface area contributed by atoms with Crippen molar-refractivity contribution in [2.24, 2.45) is 10.2 Å². The minimum absolute atomic E-state index is 0.215. The highest BCUT2D eigenvalue weighted by Gasteiger charge is 2.20. The monoisotopic (exact) mass is 429 g/mol. The summed E-state index contributed by atoms with van der Waals surface area (Å²) >= 11 is 1.35. The Morgan fingerprint density at radius 3 is 2.45 bits per heavy atom. The first kappa shape index (κ1) is 20.4. The molecule has 2 aromatic carbocycles. The van der Waals surface area contributed by atoms with Crippen LogP contribution in [-0.2, 0) is 9.59 Å². The van der Waals surface area contributed by atoms with Crippen LogP contribution in [0.5, 0.6) is 5.75 Å². The van der Waals surface area contributed by atoms with Gasteiger partial charge in [-0.3, -0.25) is 14.2 Å². The average Bonchev–Trinajstić information content (AvgIpc) is 3.20. The van der Waals surface area contributed by atoms with Gasteiger partial charge in [0.2, 0.25) is 4.80 Å². The maximum Gasteiger partial charge on any atom is 0.215 e. The molecule has 1 heterocycles. The lowest BCUT2D eigenvalue weighted by molar-refractivity contribution is -0.113. The van der Waals surface area contributed by atoms with E-state index in [-0.39, 0.29) is 11.6 Å². The maximum absolute atomic E-state index is 12.5. The quantitative estimate of drug-likeness (QED) is 0.351. The zero-order chi connectivity index (χ0) is 21.8. The predicted octanol–water partition coefficient (Wildman–Crippen LogP) is 3.88. The van der Waals surface area contributed by atoms with Crippen molar-refractivity contribution >= 4 is 34.7 Å². The third kappa shape index (κ3) is 4.51. The third-order valence-electron chi connectivity index (χ3n) is 4.69. The standard InChI is InChI=1S/C24H19N3O3S/c1-16-3-7-18(8-4-16)27-22(21-13-19(28)9-12-23(21)29)15-31-24(27)26-25-14-17-5-10-20(30-2)11-6-17/h3-15H,1-2H3/b25-14+,26-24-. The summed E-state index contributed by atoms with van der Waals surface area (Å²) in [4.78, 5) is 24.9. The molecule has 0 saturated heterocycles. The Bertz CT molecular complexity index is 1290. The van der Waals surface area contributed by atoms with Crippen molar-refractivity contribution in [3.05, 3.63) is 93.8 Å². The fourth-order valence-corrected chi connectivity index (χ4v) is 3.91. The highest BCUT2D eigenvalue weighted by Crippen LogP contribution is 2.23. The highest BCUT2D eigenvalue weighted by molar-refractivity contribution is 7.07. The number of aromatic nitrogens is 1. The van der Waals surface area contributed by atoms with E-state index in [4.69, 9.17) is 4.74 Å². The fraction of sp³-hybridized carbons (Fsp3) is 0.0833. The largest absolute Gasteiger partial charge is 0.497 e. The molecule has 0 bridgehead atoms. The van der Waals surface area contributed by atoms with Gasteiger partial charge in [0.25, 0.3) is 0 Å². The number of methoxy groups -OCH3 is 1. The van der Waals surface area contributed by atoms with Gasteiger partial charge in [0.05, 0.1) is 24.6 Å². The minimum atomic E-state index is -0.216. The molecule has 0 radical (unpaired) electrons. The van der Waals surface area contributed by atoms with E-state index in [9.17, 15) is 9.59 Å². The highest BCUT2D eigenvalue weighted by atomic mass is 32.1. The lowest BCUT2D eigenvalue weighted by atomic mass is 10.0. The van der Waals surface area contributed by atoms with E-state index in [1.807, 2.05) is 65.4 Å². The lowest BCUT2D eigenvalue weighted by Crippen LogP contribution is -2.18. The Morgan fingerprint density at radius 1 is 1.00 bits per heavy atom. The Morgan fingerprint density at radius 2 is 1.74 bits per heavy atom. The van der Waals surface area contributed by atoms with Crippen molar-refractivity contribution in [2.45, 2.75) is 6.92 Å². The van der Waals surface area contributed by atoms with Gasteiger partial charge in [-0.05, 0) is 67.1 Å². The number of benzene rings is 2. The van der Waals surface area contributed by atoms with Gasteiger partial charge < -0.3 is 4.74 Å². The average molecular weight is 430 g/mol. The van der Waals surface area contributed by atoms with Crippen LogP contribution in [0.3, 0.4) is 0 Å². The molecule has 0 N–H and O–H groups in total. The predicted molar refractivity (Wildman–Crippen MR) is 122 cm³/mol. The van der Waals surface area contributed by atoms with Crippen molar-refractivity contribution in [1.82, 2.24) is 4.57 Å². The summed E-state index contributed by atoms with van der Waals surface area (Å²) < 4.78 is 7.00. The molecule has 4 rings (SSSR count). The summed E-state index contributed by atoms with van der Waals surface area (Å²) in [6.07, 6.45) is 5.58. The second-order valence-corrected chi connectivity index (χ2v) is 7.69. The molecule has 0 fully saturated rings. The summed E-state index contributed by atoms with van der Waals surface area (Å²) in [6, 6.07) is 15.3. The number of allylic oxidation sites excluding steroid dienone is 4. The summed E-state index contributed by atoms with van der Waals surface area (Å²) in [5, 5.41) is 10.4. The van der Waals surface area contributed by atoms with E-state index < -0.39 is 0 Å². The second-order valence-electron chi connectivity index (χ2n) is 6.85. The molecule has 0 spiro atoms. The fourth-order valence-electron chi connectivity index (χ4n) is 3.06. The Kier molecular flexibility index (Phi) is 5.86. The number of thiazole rings is 1. The Labute approximate surface area is 183 Å². The van der Waals surface area contributed by atoms with Gasteiger partial charge >= 0.3 is 0 Å². The van der Waals surface area contributed by atoms with E-state index in [1.54, 1.807) is 13.3 Å². The molecule has 1 aromatic heterocycles. The van der Waals surface area contributed by atoms with E-state index in [1.165, 1.54) is 29.6 Å². The smallest absolute Gasteiger partial charge is 0.215 e. The van der Waals surface area contributed by atoms with Crippen LogP contribution < -0.4 is 9.54 Å². The molecule has 154 valence electrons. The molecule has 3 aromatic rings. The number of ketones is 2.